The first kappa shape index (κ1) is 19.4. The molecular weight excluding hydrogens is 336 g/mol. The zero-order valence-corrected chi connectivity index (χ0v) is 16.6. The maximum atomic E-state index is 12.6. The molecule has 3 rings (SSSR count). The highest BCUT2D eigenvalue weighted by atomic mass is 16.5. The highest BCUT2D eigenvalue weighted by Gasteiger charge is 2.27. The number of hydrogen-bond donors (Lipinski definition) is 1. The topological polar surface area (TPSA) is 41.6 Å². The quantitative estimate of drug-likeness (QED) is 0.833. The Hall–Kier alpha value is -2.33. The van der Waals surface area contributed by atoms with Crippen molar-refractivity contribution in [1.29, 1.82) is 0 Å². The van der Waals surface area contributed by atoms with Crippen LogP contribution in [0.1, 0.15) is 47.3 Å². The molecular formula is C23H30N2O2. The number of aryl methyl sites for hydroxylation is 1. The molecule has 0 aromatic heterocycles. The van der Waals surface area contributed by atoms with Crippen LogP contribution in [0.15, 0.2) is 48.5 Å². The van der Waals surface area contributed by atoms with Crippen molar-refractivity contribution < 1.29 is 9.53 Å². The minimum absolute atomic E-state index is 0.0275. The van der Waals surface area contributed by atoms with Gasteiger partial charge in [-0.05, 0) is 57.0 Å². The lowest BCUT2D eigenvalue weighted by atomic mass is 9.95. The van der Waals surface area contributed by atoms with Gasteiger partial charge in [0.25, 0.3) is 5.91 Å². The van der Waals surface area contributed by atoms with Gasteiger partial charge in [0.05, 0.1) is 13.2 Å². The summed E-state index contributed by atoms with van der Waals surface area (Å²) >= 11 is 0. The van der Waals surface area contributed by atoms with Crippen LogP contribution in [0.3, 0.4) is 0 Å². The number of rotatable bonds is 6. The number of methoxy groups -OCH3 is 1. The standard InChI is InChI=1S/C23H30N2O2/c1-17-8-10-19(11-9-17)23(26)24-16-21(25-14-12-18(2)13-15-25)20-6-4-5-7-22(20)27-3/h4-11,18,21H,12-16H2,1-3H3,(H,24,26). The summed E-state index contributed by atoms with van der Waals surface area (Å²) in [5.41, 5.74) is 2.99. The Morgan fingerprint density at radius 3 is 2.48 bits per heavy atom. The van der Waals surface area contributed by atoms with Gasteiger partial charge >= 0.3 is 0 Å². The minimum atomic E-state index is -0.0275. The van der Waals surface area contributed by atoms with Gasteiger partial charge in [0.1, 0.15) is 5.75 Å². The van der Waals surface area contributed by atoms with Gasteiger partial charge in [0.2, 0.25) is 0 Å². The second kappa shape index (κ2) is 9.05. The first-order chi connectivity index (χ1) is 13.1. The van der Waals surface area contributed by atoms with Gasteiger partial charge in [-0.25, -0.2) is 0 Å². The molecule has 1 amide bonds. The van der Waals surface area contributed by atoms with Crippen molar-refractivity contribution in [3.8, 4) is 5.75 Å². The van der Waals surface area contributed by atoms with Gasteiger partial charge in [-0.3, -0.25) is 9.69 Å². The molecule has 2 aromatic rings. The maximum Gasteiger partial charge on any atom is 0.251 e. The zero-order chi connectivity index (χ0) is 19.2. The summed E-state index contributed by atoms with van der Waals surface area (Å²) in [4.78, 5) is 15.1. The van der Waals surface area contributed by atoms with E-state index in [1.165, 1.54) is 12.8 Å². The van der Waals surface area contributed by atoms with E-state index in [0.29, 0.717) is 12.1 Å². The second-order valence-electron chi connectivity index (χ2n) is 7.55. The third kappa shape index (κ3) is 4.89. The molecule has 4 nitrogen and oxygen atoms in total. The summed E-state index contributed by atoms with van der Waals surface area (Å²) in [5.74, 6) is 1.62. The summed E-state index contributed by atoms with van der Waals surface area (Å²) in [6, 6.07) is 16.0. The Bertz CT molecular complexity index is 749. The van der Waals surface area contributed by atoms with Crippen LogP contribution in [0.25, 0.3) is 0 Å². The van der Waals surface area contributed by atoms with Crippen molar-refractivity contribution in [3.63, 3.8) is 0 Å². The second-order valence-corrected chi connectivity index (χ2v) is 7.55. The molecule has 27 heavy (non-hydrogen) atoms. The van der Waals surface area contributed by atoms with E-state index in [1.807, 2.05) is 49.4 Å². The van der Waals surface area contributed by atoms with E-state index < -0.39 is 0 Å². The lowest BCUT2D eigenvalue weighted by Crippen LogP contribution is -2.42. The van der Waals surface area contributed by atoms with Crippen LogP contribution >= 0.6 is 0 Å². The summed E-state index contributed by atoms with van der Waals surface area (Å²) in [7, 11) is 1.71. The number of amides is 1. The van der Waals surface area contributed by atoms with Crippen LogP contribution in [0, 0.1) is 12.8 Å². The van der Waals surface area contributed by atoms with Gasteiger partial charge in [-0.1, -0.05) is 42.8 Å². The zero-order valence-electron chi connectivity index (χ0n) is 16.6. The van der Waals surface area contributed by atoms with Gasteiger partial charge in [0, 0.05) is 17.7 Å². The van der Waals surface area contributed by atoms with E-state index in [1.54, 1.807) is 7.11 Å². The molecule has 1 fully saturated rings. The number of nitrogens with one attached hydrogen (secondary N) is 1. The Balaban J connectivity index is 1.77. The van der Waals surface area contributed by atoms with Gasteiger partial charge in [-0.2, -0.15) is 0 Å². The number of carbonyl (C=O) groups is 1. The summed E-state index contributed by atoms with van der Waals surface area (Å²) in [6.07, 6.45) is 2.38. The van der Waals surface area contributed by atoms with E-state index in [9.17, 15) is 4.79 Å². The van der Waals surface area contributed by atoms with Crippen LogP contribution in [-0.2, 0) is 0 Å². The van der Waals surface area contributed by atoms with Crippen molar-refractivity contribution in [2.75, 3.05) is 26.7 Å². The number of para-hydroxylation sites is 1. The first-order valence-electron chi connectivity index (χ1n) is 9.80. The van der Waals surface area contributed by atoms with Crippen molar-refractivity contribution in [1.82, 2.24) is 10.2 Å². The summed E-state index contributed by atoms with van der Waals surface area (Å²) in [6.45, 7) is 7.00. The van der Waals surface area contributed by atoms with Crippen LogP contribution in [0.5, 0.6) is 5.75 Å². The first-order valence-corrected chi connectivity index (χ1v) is 9.80. The van der Waals surface area contributed by atoms with E-state index in [4.69, 9.17) is 4.74 Å². The Kier molecular flexibility index (Phi) is 6.51. The van der Waals surface area contributed by atoms with Crippen molar-refractivity contribution >= 4 is 5.91 Å². The van der Waals surface area contributed by atoms with Crippen molar-refractivity contribution in [2.45, 2.75) is 32.7 Å². The molecule has 4 heteroatoms. The highest BCUT2D eigenvalue weighted by Crippen LogP contribution is 2.32. The number of nitrogens with zero attached hydrogens (tertiary/aromatic N) is 1. The van der Waals surface area contributed by atoms with Crippen LogP contribution < -0.4 is 10.1 Å². The molecule has 2 aromatic carbocycles. The monoisotopic (exact) mass is 366 g/mol. The minimum Gasteiger partial charge on any atom is -0.496 e. The van der Waals surface area contributed by atoms with E-state index in [0.717, 1.165) is 35.9 Å². The molecule has 1 unspecified atom stereocenters. The number of piperidine rings is 1. The fourth-order valence-electron chi connectivity index (χ4n) is 3.71. The Morgan fingerprint density at radius 1 is 1.15 bits per heavy atom. The Labute approximate surface area is 162 Å². The Morgan fingerprint density at radius 2 is 1.81 bits per heavy atom. The molecule has 1 aliphatic rings. The molecule has 0 aliphatic carbocycles. The third-order valence-electron chi connectivity index (χ3n) is 5.53. The lowest BCUT2D eigenvalue weighted by Gasteiger charge is -2.37. The molecule has 0 spiro atoms. The SMILES string of the molecule is COc1ccccc1C(CNC(=O)c1ccc(C)cc1)N1CCC(C)CC1. The molecule has 1 atom stereocenters. The number of likely N-dealkylation sites (tertiary alicyclic amines) is 1. The third-order valence-corrected chi connectivity index (χ3v) is 5.53. The van der Waals surface area contributed by atoms with Crippen molar-refractivity contribution in [3.05, 3.63) is 65.2 Å². The van der Waals surface area contributed by atoms with Crippen LogP contribution in [-0.4, -0.2) is 37.6 Å². The van der Waals surface area contributed by atoms with Gasteiger partial charge in [0.15, 0.2) is 0 Å². The van der Waals surface area contributed by atoms with Gasteiger partial charge in [-0.15, -0.1) is 0 Å². The highest BCUT2D eigenvalue weighted by molar-refractivity contribution is 5.94. The average molecular weight is 367 g/mol. The van der Waals surface area contributed by atoms with Crippen molar-refractivity contribution in [2.24, 2.45) is 5.92 Å². The summed E-state index contributed by atoms with van der Waals surface area (Å²) in [5, 5.41) is 3.14. The van der Waals surface area contributed by atoms with Crippen LogP contribution in [0.2, 0.25) is 0 Å². The fraction of sp³-hybridized carbons (Fsp3) is 0.435. The van der Waals surface area contributed by atoms with E-state index in [-0.39, 0.29) is 11.9 Å². The van der Waals surface area contributed by atoms with E-state index in [2.05, 4.69) is 23.2 Å². The number of hydrogen-bond acceptors (Lipinski definition) is 3. The number of carbonyl (C=O) groups excluding carboxylic acids is 1. The largest absolute Gasteiger partial charge is 0.496 e. The molecule has 144 valence electrons. The van der Waals surface area contributed by atoms with Crippen LogP contribution in [0.4, 0.5) is 0 Å². The lowest BCUT2D eigenvalue weighted by molar-refractivity contribution is 0.0911. The molecule has 1 aliphatic heterocycles. The smallest absolute Gasteiger partial charge is 0.251 e. The molecule has 1 heterocycles. The van der Waals surface area contributed by atoms with Gasteiger partial charge < -0.3 is 10.1 Å². The molecule has 0 saturated carbocycles. The predicted molar refractivity (Wildman–Crippen MR) is 109 cm³/mol. The average Bonchev–Trinajstić information content (AvgIpc) is 2.70. The fourth-order valence-corrected chi connectivity index (χ4v) is 3.71. The summed E-state index contributed by atoms with van der Waals surface area (Å²) < 4.78 is 5.60. The maximum absolute atomic E-state index is 12.6. The molecule has 0 radical (unpaired) electrons. The number of benzene rings is 2. The normalized spacial score (nSPS) is 16.7. The molecule has 0 bridgehead atoms. The molecule has 1 N–H and O–H groups in total. The number of ether oxygens (including phenoxy) is 1. The predicted octanol–water partition coefficient (Wildman–Crippen LogP) is 4.21. The molecule has 1 saturated heterocycles. The van der Waals surface area contributed by atoms with E-state index >= 15 is 0 Å².